The normalized spacial score (nSPS) is 31.1. The molecule has 2 aliphatic rings. The molecule has 1 heterocycles. The molecule has 0 aromatic carbocycles. The van der Waals surface area contributed by atoms with Crippen LogP contribution in [0.5, 0.6) is 0 Å². The van der Waals surface area contributed by atoms with Crippen molar-refractivity contribution in [3.8, 4) is 0 Å². The lowest BCUT2D eigenvalue weighted by molar-refractivity contribution is -0.129. The quantitative estimate of drug-likeness (QED) is 0.764. The molecule has 0 aromatic heterocycles. The molecule has 1 aliphatic carbocycles. The van der Waals surface area contributed by atoms with Crippen LogP contribution >= 0.6 is 0 Å². The molecule has 0 bridgehead atoms. The van der Waals surface area contributed by atoms with E-state index in [-0.39, 0.29) is 23.5 Å². The van der Waals surface area contributed by atoms with E-state index in [1.165, 1.54) is 0 Å². The van der Waals surface area contributed by atoms with Crippen molar-refractivity contribution in [3.05, 3.63) is 0 Å². The molecule has 5 heteroatoms. The number of nitrogens with one attached hydrogen (secondary N) is 2. The van der Waals surface area contributed by atoms with Crippen molar-refractivity contribution in [1.82, 2.24) is 10.6 Å². The SMILES string of the molecule is CC(C)(C)OC(=O)N[C@H]1CCCC2(CCNC2=O)C1. The van der Waals surface area contributed by atoms with Gasteiger partial charge >= 0.3 is 6.09 Å². The molecule has 0 radical (unpaired) electrons. The van der Waals surface area contributed by atoms with E-state index in [1.54, 1.807) is 0 Å². The highest BCUT2D eigenvalue weighted by Gasteiger charge is 2.45. The summed E-state index contributed by atoms with van der Waals surface area (Å²) in [5.41, 5.74) is -0.737. The van der Waals surface area contributed by atoms with E-state index in [4.69, 9.17) is 4.74 Å². The van der Waals surface area contributed by atoms with Crippen molar-refractivity contribution >= 4 is 12.0 Å². The van der Waals surface area contributed by atoms with E-state index in [1.807, 2.05) is 20.8 Å². The van der Waals surface area contributed by atoms with Gasteiger partial charge in [0.05, 0.1) is 5.41 Å². The fraction of sp³-hybridized carbons (Fsp3) is 0.857. The maximum Gasteiger partial charge on any atom is 0.407 e. The molecule has 2 N–H and O–H groups in total. The monoisotopic (exact) mass is 268 g/mol. The lowest BCUT2D eigenvalue weighted by atomic mass is 9.71. The fourth-order valence-electron chi connectivity index (χ4n) is 3.11. The van der Waals surface area contributed by atoms with E-state index < -0.39 is 5.60 Å². The molecule has 2 rings (SSSR count). The van der Waals surface area contributed by atoms with E-state index in [0.717, 1.165) is 38.6 Å². The van der Waals surface area contributed by atoms with Gasteiger partial charge in [0.15, 0.2) is 0 Å². The number of ether oxygens (including phenoxy) is 1. The summed E-state index contributed by atoms with van der Waals surface area (Å²) in [4.78, 5) is 23.7. The lowest BCUT2D eigenvalue weighted by Crippen LogP contribution is -2.46. The van der Waals surface area contributed by atoms with Crippen LogP contribution in [0.15, 0.2) is 0 Å². The molecule has 5 nitrogen and oxygen atoms in total. The van der Waals surface area contributed by atoms with Gasteiger partial charge in [0, 0.05) is 12.6 Å². The topological polar surface area (TPSA) is 67.4 Å². The molecule has 1 saturated carbocycles. The van der Waals surface area contributed by atoms with Gasteiger partial charge in [0.1, 0.15) is 5.60 Å². The molecular weight excluding hydrogens is 244 g/mol. The van der Waals surface area contributed by atoms with Crippen molar-refractivity contribution in [2.45, 2.75) is 64.5 Å². The van der Waals surface area contributed by atoms with Gasteiger partial charge in [-0.15, -0.1) is 0 Å². The molecule has 1 spiro atoms. The second-order valence-corrected chi connectivity index (χ2v) is 6.73. The molecular formula is C14H24N2O3. The number of carbonyl (C=O) groups is 2. The Morgan fingerprint density at radius 2 is 2.16 bits per heavy atom. The van der Waals surface area contributed by atoms with Crippen LogP contribution in [0.4, 0.5) is 4.79 Å². The summed E-state index contributed by atoms with van der Waals surface area (Å²) < 4.78 is 5.27. The Hall–Kier alpha value is -1.26. The number of carbonyl (C=O) groups excluding carboxylic acids is 2. The van der Waals surface area contributed by atoms with Gasteiger partial charge in [-0.25, -0.2) is 4.79 Å². The summed E-state index contributed by atoms with van der Waals surface area (Å²) in [6.45, 7) is 6.30. The molecule has 1 aliphatic heterocycles. The Morgan fingerprint density at radius 1 is 1.42 bits per heavy atom. The summed E-state index contributed by atoms with van der Waals surface area (Å²) in [7, 11) is 0. The molecule has 2 atom stereocenters. The van der Waals surface area contributed by atoms with Crippen molar-refractivity contribution in [2.24, 2.45) is 5.41 Å². The van der Waals surface area contributed by atoms with Crippen molar-refractivity contribution < 1.29 is 14.3 Å². The van der Waals surface area contributed by atoms with Gasteiger partial charge in [-0.3, -0.25) is 4.79 Å². The van der Waals surface area contributed by atoms with Crippen LogP contribution in [0.25, 0.3) is 0 Å². The average molecular weight is 268 g/mol. The van der Waals surface area contributed by atoms with Gasteiger partial charge in [0.25, 0.3) is 0 Å². The second-order valence-electron chi connectivity index (χ2n) is 6.73. The van der Waals surface area contributed by atoms with Gasteiger partial charge in [-0.1, -0.05) is 6.42 Å². The highest BCUT2D eigenvalue weighted by atomic mass is 16.6. The average Bonchev–Trinajstić information content (AvgIpc) is 2.57. The third-order valence-corrected chi connectivity index (χ3v) is 3.94. The zero-order valence-electron chi connectivity index (χ0n) is 12.0. The summed E-state index contributed by atoms with van der Waals surface area (Å²) >= 11 is 0. The van der Waals surface area contributed by atoms with Gasteiger partial charge < -0.3 is 15.4 Å². The lowest BCUT2D eigenvalue weighted by Gasteiger charge is -2.36. The predicted octanol–water partition coefficient (Wildman–Crippen LogP) is 1.96. The number of alkyl carbamates (subject to hydrolysis) is 1. The number of amides is 2. The summed E-state index contributed by atoms with van der Waals surface area (Å²) in [6.07, 6.45) is 4.08. The molecule has 1 unspecified atom stereocenters. The largest absolute Gasteiger partial charge is 0.444 e. The van der Waals surface area contributed by atoms with Crippen molar-refractivity contribution in [1.29, 1.82) is 0 Å². The Bertz CT molecular complexity index is 375. The third-order valence-electron chi connectivity index (χ3n) is 3.94. The van der Waals surface area contributed by atoms with Gasteiger partial charge in [-0.05, 0) is 46.5 Å². The standard InChI is InChI=1S/C14H24N2O3/c1-13(2,3)19-12(18)16-10-5-4-6-14(9-10)7-8-15-11(14)17/h10H,4-9H2,1-3H3,(H,15,17)(H,16,18)/t10-,14?/m0/s1. The van der Waals surface area contributed by atoms with Crippen LogP contribution in [-0.4, -0.2) is 30.2 Å². The number of hydrogen-bond donors (Lipinski definition) is 2. The van der Waals surface area contributed by atoms with Gasteiger partial charge in [0.2, 0.25) is 5.91 Å². The van der Waals surface area contributed by atoms with Crippen LogP contribution in [0.2, 0.25) is 0 Å². The maximum absolute atomic E-state index is 12.0. The smallest absolute Gasteiger partial charge is 0.407 e. The minimum absolute atomic E-state index is 0.0486. The minimum Gasteiger partial charge on any atom is -0.444 e. The second kappa shape index (κ2) is 5.02. The third kappa shape index (κ3) is 3.39. The first kappa shape index (κ1) is 14.2. The molecule has 19 heavy (non-hydrogen) atoms. The first-order valence-corrected chi connectivity index (χ1v) is 7.09. The summed E-state index contributed by atoms with van der Waals surface area (Å²) in [5.74, 6) is 0.156. The summed E-state index contributed by atoms with van der Waals surface area (Å²) in [5, 5.41) is 5.82. The molecule has 2 amide bonds. The minimum atomic E-state index is -0.485. The van der Waals surface area contributed by atoms with E-state index >= 15 is 0 Å². The van der Waals surface area contributed by atoms with Gasteiger partial charge in [-0.2, -0.15) is 0 Å². The van der Waals surface area contributed by atoms with Crippen LogP contribution < -0.4 is 10.6 Å². The maximum atomic E-state index is 12.0. The van der Waals surface area contributed by atoms with E-state index in [0.29, 0.717) is 0 Å². The Kier molecular flexibility index (Phi) is 3.74. The highest BCUT2D eigenvalue weighted by Crippen LogP contribution is 2.41. The van der Waals surface area contributed by atoms with Crippen LogP contribution in [0.1, 0.15) is 52.9 Å². The predicted molar refractivity (Wildman–Crippen MR) is 71.7 cm³/mol. The Morgan fingerprint density at radius 3 is 2.74 bits per heavy atom. The Labute approximate surface area is 114 Å². The number of hydrogen-bond acceptors (Lipinski definition) is 3. The molecule has 108 valence electrons. The number of rotatable bonds is 1. The molecule has 2 fully saturated rings. The molecule has 1 saturated heterocycles. The Balaban J connectivity index is 1.91. The zero-order valence-corrected chi connectivity index (χ0v) is 12.0. The van der Waals surface area contributed by atoms with E-state index in [9.17, 15) is 9.59 Å². The highest BCUT2D eigenvalue weighted by molar-refractivity contribution is 5.85. The first-order chi connectivity index (χ1) is 8.81. The van der Waals surface area contributed by atoms with Crippen LogP contribution in [0, 0.1) is 5.41 Å². The van der Waals surface area contributed by atoms with Crippen LogP contribution in [-0.2, 0) is 9.53 Å². The first-order valence-electron chi connectivity index (χ1n) is 7.09. The molecule has 0 aromatic rings. The van der Waals surface area contributed by atoms with E-state index in [2.05, 4.69) is 10.6 Å². The van der Waals surface area contributed by atoms with Crippen molar-refractivity contribution in [3.63, 3.8) is 0 Å². The van der Waals surface area contributed by atoms with Crippen LogP contribution in [0.3, 0.4) is 0 Å². The fourth-order valence-corrected chi connectivity index (χ4v) is 3.11. The summed E-state index contributed by atoms with van der Waals surface area (Å²) in [6, 6.07) is 0.0486. The zero-order chi connectivity index (χ0) is 14.1. The van der Waals surface area contributed by atoms with Crippen molar-refractivity contribution in [2.75, 3.05) is 6.54 Å².